The van der Waals surface area contributed by atoms with Gasteiger partial charge in [0, 0.05) is 48.3 Å². The number of hydrogen-bond donors (Lipinski definition) is 8. The van der Waals surface area contributed by atoms with Crippen molar-refractivity contribution >= 4 is 69.3 Å². The van der Waals surface area contributed by atoms with Crippen molar-refractivity contribution in [1.82, 2.24) is 42.5 Å². The highest BCUT2D eigenvalue weighted by molar-refractivity contribution is 7.80. The molecule has 56 heavy (non-hydrogen) atoms. The second kappa shape index (κ2) is 16.7. The number of thiocarbonyl (C=S) groups is 4. The highest BCUT2D eigenvalue weighted by atomic mass is 32.1. The molecule has 0 aliphatic heterocycles. The van der Waals surface area contributed by atoms with Gasteiger partial charge in [-0.25, -0.2) is 0 Å². The van der Waals surface area contributed by atoms with Crippen LogP contribution in [-0.2, 0) is 0 Å². The lowest BCUT2D eigenvalue weighted by Gasteiger charge is -2.62. The van der Waals surface area contributed by atoms with Gasteiger partial charge in [0.2, 0.25) is 0 Å². The van der Waals surface area contributed by atoms with E-state index in [0.29, 0.717) is 21.7 Å². The quantitative estimate of drug-likeness (QED) is 0.113. The van der Waals surface area contributed by atoms with Crippen molar-refractivity contribution in [2.45, 2.75) is 182 Å². The summed E-state index contributed by atoms with van der Waals surface area (Å²) in [6.45, 7) is 29.9. The van der Waals surface area contributed by atoms with Gasteiger partial charge in [0.25, 0.3) is 0 Å². The van der Waals surface area contributed by atoms with Gasteiger partial charge >= 0.3 is 0 Å². The summed E-state index contributed by atoms with van der Waals surface area (Å²) in [5.41, 5.74) is 1.61. The van der Waals surface area contributed by atoms with E-state index in [4.69, 9.17) is 48.9 Å². The summed E-state index contributed by atoms with van der Waals surface area (Å²) in [4.78, 5) is 0. The van der Waals surface area contributed by atoms with Crippen LogP contribution in [0.5, 0.6) is 0 Å². The van der Waals surface area contributed by atoms with Crippen LogP contribution < -0.4 is 42.5 Å². The van der Waals surface area contributed by atoms with Gasteiger partial charge < -0.3 is 42.5 Å². The third-order valence-corrected chi connectivity index (χ3v) is 14.0. The van der Waals surface area contributed by atoms with Crippen molar-refractivity contribution in [2.75, 3.05) is 26.2 Å². The van der Waals surface area contributed by atoms with E-state index in [9.17, 15) is 0 Å². The smallest absolute Gasteiger partial charge is 0.166 e. The maximum atomic E-state index is 5.56. The lowest BCUT2D eigenvalue weighted by atomic mass is 9.44. The average molecular weight is 849 g/mol. The molecule has 8 aliphatic carbocycles. The summed E-state index contributed by atoms with van der Waals surface area (Å²) in [5, 5.41) is 31.1. The van der Waals surface area contributed by atoms with Crippen LogP contribution >= 0.6 is 48.9 Å². The lowest BCUT2D eigenvalue weighted by Crippen LogP contribution is -2.60. The molecule has 8 bridgehead atoms. The molecule has 0 atom stereocenters. The van der Waals surface area contributed by atoms with Gasteiger partial charge in [-0.15, -0.1) is 0 Å². The molecule has 0 aromatic heterocycles. The van der Waals surface area contributed by atoms with Crippen molar-refractivity contribution in [2.24, 2.45) is 45.3 Å². The van der Waals surface area contributed by atoms with Gasteiger partial charge in [0.05, 0.1) is 0 Å². The molecular formula is C44H80N8S4. The van der Waals surface area contributed by atoms with Crippen molar-refractivity contribution in [3.8, 4) is 0 Å². The van der Waals surface area contributed by atoms with Gasteiger partial charge in [-0.3, -0.25) is 0 Å². The molecule has 8 saturated carbocycles. The Kier molecular flexibility index (Phi) is 13.6. The molecule has 0 saturated heterocycles. The molecule has 12 heteroatoms. The van der Waals surface area contributed by atoms with Crippen LogP contribution in [-0.4, -0.2) is 68.8 Å². The average Bonchev–Trinajstić information content (AvgIpc) is 2.97. The number of hydrogen-bond acceptors (Lipinski definition) is 4. The second-order valence-corrected chi connectivity index (χ2v) is 25.8. The van der Waals surface area contributed by atoms with E-state index < -0.39 is 0 Å². The third-order valence-electron chi connectivity index (χ3n) is 13.1. The van der Waals surface area contributed by atoms with E-state index in [-0.39, 0.29) is 22.2 Å². The monoisotopic (exact) mass is 849 g/mol. The van der Waals surface area contributed by atoms with Crippen molar-refractivity contribution in [3.05, 3.63) is 0 Å². The Labute approximate surface area is 363 Å². The Morgan fingerprint density at radius 2 is 0.554 bits per heavy atom. The first-order valence-corrected chi connectivity index (χ1v) is 23.4. The fourth-order valence-corrected chi connectivity index (χ4v) is 14.2. The summed E-state index contributed by atoms with van der Waals surface area (Å²) in [6, 6.07) is 0. The second-order valence-electron chi connectivity index (χ2n) is 24.2. The first kappa shape index (κ1) is 45.8. The summed E-state index contributed by atoms with van der Waals surface area (Å²) in [5.74, 6) is 3.49. The summed E-state index contributed by atoms with van der Waals surface area (Å²) in [7, 11) is 0. The van der Waals surface area contributed by atoms with Crippen LogP contribution in [0.3, 0.4) is 0 Å². The lowest BCUT2D eigenvalue weighted by molar-refractivity contribution is -0.104. The van der Waals surface area contributed by atoms with E-state index in [2.05, 4.69) is 126 Å². The largest absolute Gasteiger partial charge is 0.362 e. The van der Waals surface area contributed by atoms with Gasteiger partial charge in [-0.1, -0.05) is 0 Å². The zero-order chi connectivity index (χ0) is 41.6. The van der Waals surface area contributed by atoms with E-state index in [1.807, 2.05) is 0 Å². The molecule has 0 spiro atoms. The first-order chi connectivity index (χ1) is 25.5. The van der Waals surface area contributed by atoms with Crippen LogP contribution in [0.4, 0.5) is 0 Å². The SMILES string of the molecule is CC(C)(C)NC(=S)NCC12CC3CC(C1)CC(CNC(=S)NC(C)(C)C)(C3)C2.CC(C)(C)NC(=S)NCC12CC3CC(C1)CC(CNC(=S)NC(C)(C)C)(C3)C2. The van der Waals surface area contributed by atoms with Crippen molar-refractivity contribution in [3.63, 3.8) is 0 Å². The van der Waals surface area contributed by atoms with Gasteiger partial charge in [0.1, 0.15) is 0 Å². The zero-order valence-electron chi connectivity index (χ0n) is 37.3. The molecule has 8 nitrogen and oxygen atoms in total. The Morgan fingerprint density at radius 1 is 0.375 bits per heavy atom. The van der Waals surface area contributed by atoms with E-state index in [1.165, 1.54) is 77.0 Å². The predicted octanol–water partition coefficient (Wildman–Crippen LogP) is 8.20. The van der Waals surface area contributed by atoms with Crippen LogP contribution in [0.2, 0.25) is 0 Å². The minimum absolute atomic E-state index is 0.00639. The van der Waals surface area contributed by atoms with Crippen LogP contribution in [0.1, 0.15) is 160 Å². The van der Waals surface area contributed by atoms with Crippen molar-refractivity contribution < 1.29 is 0 Å². The summed E-state index contributed by atoms with van der Waals surface area (Å²) >= 11 is 22.2. The molecule has 0 heterocycles. The highest BCUT2D eigenvalue weighted by Gasteiger charge is 2.58. The predicted molar refractivity (Wildman–Crippen MR) is 253 cm³/mol. The number of rotatable bonds is 8. The van der Waals surface area contributed by atoms with Crippen LogP contribution in [0.25, 0.3) is 0 Å². The minimum atomic E-state index is 0.00639. The summed E-state index contributed by atoms with van der Waals surface area (Å²) < 4.78 is 0. The molecule has 0 unspecified atom stereocenters. The van der Waals surface area contributed by atoms with Crippen molar-refractivity contribution in [1.29, 1.82) is 0 Å². The molecule has 0 aromatic rings. The minimum Gasteiger partial charge on any atom is -0.362 e. The molecular weight excluding hydrogens is 769 g/mol. The molecule has 8 aliphatic rings. The molecule has 8 N–H and O–H groups in total. The fourth-order valence-electron chi connectivity index (χ4n) is 12.7. The van der Waals surface area contributed by atoms with Gasteiger partial charge in [-0.05, 0) is 254 Å². The molecule has 0 amide bonds. The van der Waals surface area contributed by atoms with E-state index in [1.54, 1.807) is 0 Å². The van der Waals surface area contributed by atoms with Crippen LogP contribution in [0, 0.1) is 45.3 Å². The number of nitrogens with one attached hydrogen (secondary N) is 8. The maximum Gasteiger partial charge on any atom is 0.166 e. The fraction of sp³-hybridized carbons (Fsp3) is 0.909. The van der Waals surface area contributed by atoms with Gasteiger partial charge in [0.15, 0.2) is 20.4 Å². The Morgan fingerprint density at radius 3 is 0.714 bits per heavy atom. The third kappa shape index (κ3) is 13.4. The Hall–Kier alpha value is -1.24. The molecule has 0 aromatic carbocycles. The Balaban J connectivity index is 0.000000214. The van der Waals surface area contributed by atoms with Crippen LogP contribution in [0.15, 0.2) is 0 Å². The molecule has 8 fully saturated rings. The summed E-state index contributed by atoms with van der Waals surface area (Å²) in [6.07, 6.45) is 16.3. The first-order valence-electron chi connectivity index (χ1n) is 21.8. The van der Waals surface area contributed by atoms with E-state index >= 15 is 0 Å². The topological polar surface area (TPSA) is 96.2 Å². The normalized spacial score (nSPS) is 34.1. The highest BCUT2D eigenvalue weighted by Crippen LogP contribution is 2.66. The van der Waals surface area contributed by atoms with Gasteiger partial charge in [-0.2, -0.15) is 0 Å². The standard InChI is InChI=1S/2C22H40N4S2/c2*1-19(2,3)25-17(27)23-13-21-8-15-7-16(9-21)11-22(10-15,12-21)14-24-18(28)26-20(4,5)6/h2*15-16H,7-14H2,1-6H3,(H2,23,25,27)(H2,24,26,28). The Bertz CT molecular complexity index is 1210. The molecule has 8 rings (SSSR count). The molecule has 0 radical (unpaired) electrons. The molecule has 320 valence electrons. The maximum absolute atomic E-state index is 5.56. The van der Waals surface area contributed by atoms with E-state index in [0.717, 1.165) is 70.3 Å². The zero-order valence-corrected chi connectivity index (χ0v) is 40.5.